The van der Waals surface area contributed by atoms with Gasteiger partial charge in [0.15, 0.2) is 0 Å². The number of amides is 2. The lowest BCUT2D eigenvalue weighted by Crippen LogP contribution is -2.46. The summed E-state index contributed by atoms with van der Waals surface area (Å²) in [6, 6.07) is 18.6. The Labute approximate surface area is 186 Å². The summed E-state index contributed by atoms with van der Waals surface area (Å²) in [4.78, 5) is 29.7. The molecule has 4 rings (SSSR count). The van der Waals surface area contributed by atoms with Crippen molar-refractivity contribution in [3.05, 3.63) is 76.5 Å². The molecule has 1 aliphatic rings. The highest BCUT2D eigenvalue weighted by molar-refractivity contribution is 7.12. The number of ether oxygens (including phenoxy) is 1. The Balaban J connectivity index is 1.37. The Morgan fingerprint density at radius 3 is 2.61 bits per heavy atom. The van der Waals surface area contributed by atoms with Crippen LogP contribution in [0.3, 0.4) is 0 Å². The molecule has 1 N–H and O–H groups in total. The molecule has 0 saturated heterocycles. The molecule has 2 amide bonds. The van der Waals surface area contributed by atoms with Crippen molar-refractivity contribution in [2.45, 2.75) is 13.0 Å². The maximum absolute atomic E-state index is 12.9. The van der Waals surface area contributed by atoms with E-state index in [1.54, 1.807) is 42.3 Å². The molecule has 1 aromatic heterocycles. The number of para-hydroxylation sites is 2. The lowest BCUT2D eigenvalue weighted by atomic mass is 10.1. The van der Waals surface area contributed by atoms with Crippen molar-refractivity contribution in [2.75, 3.05) is 36.9 Å². The summed E-state index contributed by atoms with van der Waals surface area (Å²) in [5, 5.41) is 4.71. The molecule has 3 aromatic rings. The minimum atomic E-state index is -0.151. The van der Waals surface area contributed by atoms with Gasteiger partial charge in [-0.2, -0.15) is 0 Å². The van der Waals surface area contributed by atoms with Crippen LogP contribution >= 0.6 is 11.3 Å². The van der Waals surface area contributed by atoms with Gasteiger partial charge in [-0.1, -0.05) is 18.2 Å². The second-order valence-electron chi connectivity index (χ2n) is 7.44. The molecule has 1 atom stereocenters. The number of hydrogen-bond acceptors (Lipinski definition) is 5. The third-order valence-electron chi connectivity index (χ3n) is 5.26. The molecular formula is C24H25N3O3S. The van der Waals surface area contributed by atoms with Crippen LogP contribution in [-0.2, 0) is 0 Å². The number of nitrogens with zero attached hydrogens (tertiary/aromatic N) is 2. The summed E-state index contributed by atoms with van der Waals surface area (Å²) in [6.07, 6.45) is -0.104. The Morgan fingerprint density at radius 1 is 1.13 bits per heavy atom. The van der Waals surface area contributed by atoms with Crippen LogP contribution in [0.1, 0.15) is 27.0 Å². The van der Waals surface area contributed by atoms with Gasteiger partial charge >= 0.3 is 0 Å². The van der Waals surface area contributed by atoms with Crippen molar-refractivity contribution in [2.24, 2.45) is 0 Å². The summed E-state index contributed by atoms with van der Waals surface area (Å²) in [5.41, 5.74) is 2.32. The van der Waals surface area contributed by atoms with Crippen LogP contribution in [0.2, 0.25) is 0 Å². The average Bonchev–Trinajstić information content (AvgIpc) is 3.34. The molecule has 6 nitrogen and oxygen atoms in total. The van der Waals surface area contributed by atoms with Gasteiger partial charge in [-0.25, -0.2) is 0 Å². The standard InChI is InChI=1S/C24H25N3O3S/c1-3-27-16-19(30-21-8-5-4-7-20(21)27)15-26(2)24(29)17-10-12-18(13-11-17)25-23(28)22-9-6-14-31-22/h4-14,19H,3,15-16H2,1-2H3,(H,25,28)/t19-/m0/s1. The van der Waals surface area contributed by atoms with Gasteiger partial charge in [0.05, 0.1) is 23.7 Å². The molecular weight excluding hydrogens is 410 g/mol. The van der Waals surface area contributed by atoms with Crippen LogP contribution in [0.5, 0.6) is 5.75 Å². The van der Waals surface area contributed by atoms with Crippen LogP contribution in [-0.4, -0.2) is 49.5 Å². The van der Waals surface area contributed by atoms with Crippen LogP contribution in [0.25, 0.3) is 0 Å². The molecule has 7 heteroatoms. The number of rotatable bonds is 6. The third kappa shape index (κ3) is 4.72. The minimum absolute atomic E-state index is 0.0818. The Kier molecular flexibility index (Phi) is 6.23. The first-order valence-electron chi connectivity index (χ1n) is 10.3. The van der Waals surface area contributed by atoms with Gasteiger partial charge in [0.1, 0.15) is 11.9 Å². The normalized spacial score (nSPS) is 15.0. The number of fused-ring (bicyclic) bond motifs is 1. The van der Waals surface area contributed by atoms with E-state index in [9.17, 15) is 9.59 Å². The van der Waals surface area contributed by atoms with E-state index in [1.807, 2.05) is 29.6 Å². The van der Waals surface area contributed by atoms with E-state index in [2.05, 4.69) is 23.2 Å². The highest BCUT2D eigenvalue weighted by Crippen LogP contribution is 2.33. The first kappa shape index (κ1) is 20.9. The summed E-state index contributed by atoms with van der Waals surface area (Å²) in [6.45, 7) is 4.22. The van der Waals surface area contributed by atoms with E-state index in [1.165, 1.54) is 11.3 Å². The van der Waals surface area contributed by atoms with E-state index >= 15 is 0 Å². The summed E-state index contributed by atoms with van der Waals surface area (Å²) in [5.74, 6) is 0.621. The van der Waals surface area contributed by atoms with Crippen LogP contribution in [0, 0.1) is 0 Å². The maximum atomic E-state index is 12.9. The number of carbonyl (C=O) groups excluding carboxylic acids is 2. The topological polar surface area (TPSA) is 61.9 Å². The van der Waals surface area contributed by atoms with Crippen molar-refractivity contribution in [1.29, 1.82) is 0 Å². The molecule has 1 aliphatic heterocycles. The Bertz CT molecular complexity index is 1050. The SMILES string of the molecule is CCN1C[C@H](CN(C)C(=O)c2ccc(NC(=O)c3cccs3)cc2)Oc2ccccc21. The second kappa shape index (κ2) is 9.22. The number of benzene rings is 2. The molecule has 0 bridgehead atoms. The first-order valence-corrected chi connectivity index (χ1v) is 11.1. The van der Waals surface area contributed by atoms with Crippen LogP contribution in [0.15, 0.2) is 66.0 Å². The maximum Gasteiger partial charge on any atom is 0.265 e. The molecule has 0 saturated carbocycles. The zero-order valence-electron chi connectivity index (χ0n) is 17.6. The highest BCUT2D eigenvalue weighted by atomic mass is 32.1. The van der Waals surface area contributed by atoms with Crippen molar-refractivity contribution in [3.8, 4) is 5.75 Å². The third-order valence-corrected chi connectivity index (χ3v) is 6.13. The molecule has 160 valence electrons. The summed E-state index contributed by atoms with van der Waals surface area (Å²) < 4.78 is 6.14. The molecule has 2 heterocycles. The predicted octanol–water partition coefficient (Wildman–Crippen LogP) is 4.36. The van der Waals surface area contributed by atoms with Crippen molar-refractivity contribution < 1.29 is 14.3 Å². The van der Waals surface area contributed by atoms with Gasteiger partial charge in [-0.05, 0) is 54.8 Å². The summed E-state index contributed by atoms with van der Waals surface area (Å²) >= 11 is 1.39. The number of carbonyl (C=O) groups is 2. The second-order valence-corrected chi connectivity index (χ2v) is 8.39. The lowest BCUT2D eigenvalue weighted by Gasteiger charge is -2.37. The van der Waals surface area contributed by atoms with E-state index < -0.39 is 0 Å². The van der Waals surface area contributed by atoms with Crippen molar-refractivity contribution >= 4 is 34.5 Å². The number of anilines is 2. The zero-order valence-corrected chi connectivity index (χ0v) is 18.4. The Hall–Kier alpha value is -3.32. The fourth-order valence-electron chi connectivity index (χ4n) is 3.68. The monoisotopic (exact) mass is 435 g/mol. The van der Waals surface area contributed by atoms with E-state index in [4.69, 9.17) is 4.74 Å². The van der Waals surface area contributed by atoms with Gasteiger partial charge < -0.3 is 19.9 Å². The minimum Gasteiger partial charge on any atom is -0.485 e. The number of nitrogens with one attached hydrogen (secondary N) is 1. The smallest absolute Gasteiger partial charge is 0.265 e. The molecule has 2 aromatic carbocycles. The lowest BCUT2D eigenvalue weighted by molar-refractivity contribution is 0.0709. The van der Waals surface area contributed by atoms with Crippen LogP contribution < -0.4 is 15.0 Å². The fraction of sp³-hybridized carbons (Fsp3) is 0.250. The molecule has 0 aliphatic carbocycles. The highest BCUT2D eigenvalue weighted by Gasteiger charge is 2.27. The fourth-order valence-corrected chi connectivity index (χ4v) is 4.30. The number of thiophene rings is 1. The first-order chi connectivity index (χ1) is 15.0. The quantitative estimate of drug-likeness (QED) is 0.625. The zero-order chi connectivity index (χ0) is 21.8. The largest absolute Gasteiger partial charge is 0.485 e. The van der Waals surface area contributed by atoms with Gasteiger partial charge in [0, 0.05) is 24.8 Å². The van der Waals surface area contributed by atoms with Gasteiger partial charge in [0.2, 0.25) is 0 Å². The van der Waals surface area contributed by atoms with Gasteiger partial charge in [-0.3, -0.25) is 9.59 Å². The predicted molar refractivity (Wildman–Crippen MR) is 124 cm³/mol. The Morgan fingerprint density at radius 2 is 1.90 bits per heavy atom. The molecule has 0 spiro atoms. The van der Waals surface area contributed by atoms with Gasteiger partial charge in [0.25, 0.3) is 11.8 Å². The summed E-state index contributed by atoms with van der Waals surface area (Å²) in [7, 11) is 1.79. The van der Waals surface area contributed by atoms with Crippen LogP contribution in [0.4, 0.5) is 11.4 Å². The number of likely N-dealkylation sites (N-methyl/N-ethyl adjacent to an activating group) is 2. The van der Waals surface area contributed by atoms with Crippen molar-refractivity contribution in [1.82, 2.24) is 4.90 Å². The molecule has 0 fully saturated rings. The van der Waals surface area contributed by atoms with E-state index in [0.29, 0.717) is 22.7 Å². The van der Waals surface area contributed by atoms with E-state index in [0.717, 1.165) is 24.5 Å². The molecule has 0 radical (unpaired) electrons. The van der Waals surface area contributed by atoms with Gasteiger partial charge in [-0.15, -0.1) is 11.3 Å². The number of hydrogen-bond donors (Lipinski definition) is 1. The average molecular weight is 436 g/mol. The van der Waals surface area contributed by atoms with Crippen molar-refractivity contribution in [3.63, 3.8) is 0 Å². The molecule has 0 unspecified atom stereocenters. The molecule has 31 heavy (non-hydrogen) atoms. The van der Waals surface area contributed by atoms with E-state index in [-0.39, 0.29) is 17.9 Å².